The Morgan fingerprint density at radius 1 is 1.71 bits per heavy atom. The number of carbonyl (C=O) groups excluding carboxylic acids is 2. The van der Waals surface area contributed by atoms with E-state index < -0.39 is 0 Å². The van der Waals surface area contributed by atoms with Crippen LogP contribution in [0.2, 0.25) is 0 Å². The highest BCUT2D eigenvalue weighted by molar-refractivity contribution is 9.10. The van der Waals surface area contributed by atoms with E-state index in [0.717, 1.165) is 12.8 Å². The van der Waals surface area contributed by atoms with Crippen molar-refractivity contribution in [3.8, 4) is 0 Å². The van der Waals surface area contributed by atoms with Crippen LogP contribution in [0.1, 0.15) is 19.8 Å². The van der Waals surface area contributed by atoms with Crippen molar-refractivity contribution in [3.63, 3.8) is 0 Å². The molecule has 0 aliphatic carbocycles. The van der Waals surface area contributed by atoms with Gasteiger partial charge in [-0.05, 0) is 19.8 Å². The zero-order valence-corrected chi connectivity index (χ0v) is 9.84. The maximum absolute atomic E-state index is 11.6. The average Bonchev–Trinajstić information content (AvgIpc) is 2.13. The Morgan fingerprint density at radius 3 is 3.07 bits per heavy atom. The van der Waals surface area contributed by atoms with Crippen molar-refractivity contribution >= 4 is 27.7 Å². The first kappa shape index (κ1) is 11.5. The van der Waals surface area contributed by atoms with Gasteiger partial charge in [-0.2, -0.15) is 0 Å². The molecule has 1 saturated heterocycles. The lowest BCUT2D eigenvalue weighted by molar-refractivity contribution is -0.137. The van der Waals surface area contributed by atoms with E-state index in [1.165, 1.54) is 0 Å². The largest absolute Gasteiger partial charge is 0.355 e. The van der Waals surface area contributed by atoms with Gasteiger partial charge in [-0.1, -0.05) is 15.9 Å². The summed E-state index contributed by atoms with van der Waals surface area (Å²) in [5.74, 6) is -0.0510. The van der Waals surface area contributed by atoms with Crippen LogP contribution in [-0.4, -0.2) is 41.2 Å². The molecule has 1 N–H and O–H groups in total. The molecule has 0 aromatic heterocycles. The molecule has 4 nitrogen and oxygen atoms in total. The zero-order chi connectivity index (χ0) is 10.6. The lowest BCUT2D eigenvalue weighted by Gasteiger charge is -2.29. The van der Waals surface area contributed by atoms with Gasteiger partial charge in [-0.3, -0.25) is 9.59 Å². The number of carbonyl (C=O) groups is 2. The minimum atomic E-state index is -0.106. The molecule has 1 unspecified atom stereocenters. The molecule has 0 aromatic carbocycles. The van der Waals surface area contributed by atoms with Gasteiger partial charge in [0.2, 0.25) is 11.8 Å². The first-order valence-electron chi connectivity index (χ1n) is 4.84. The molecule has 1 aliphatic heterocycles. The fourth-order valence-corrected chi connectivity index (χ4v) is 2.09. The Morgan fingerprint density at radius 2 is 2.43 bits per heavy atom. The molecule has 1 aliphatic rings. The summed E-state index contributed by atoms with van der Waals surface area (Å²) in [6.45, 7) is 3.36. The lowest BCUT2D eigenvalue weighted by atomic mass is 10.1. The van der Waals surface area contributed by atoms with Gasteiger partial charge in [0.1, 0.15) is 0 Å². The van der Waals surface area contributed by atoms with Crippen LogP contribution in [0.4, 0.5) is 0 Å². The molecule has 0 aromatic rings. The van der Waals surface area contributed by atoms with Gasteiger partial charge < -0.3 is 10.2 Å². The monoisotopic (exact) mass is 262 g/mol. The average molecular weight is 263 g/mol. The Bertz CT molecular complexity index is 233. The number of amides is 2. The molecule has 0 radical (unpaired) electrons. The predicted molar refractivity (Wildman–Crippen MR) is 57.2 cm³/mol. The van der Waals surface area contributed by atoms with Crippen molar-refractivity contribution in [2.45, 2.75) is 24.6 Å². The predicted octanol–water partition coefficient (Wildman–Crippen LogP) is 0.508. The minimum absolute atomic E-state index is 0.0301. The number of hydrogen-bond donors (Lipinski definition) is 1. The first-order valence-corrected chi connectivity index (χ1v) is 5.76. The van der Waals surface area contributed by atoms with Gasteiger partial charge in [-0.25, -0.2) is 0 Å². The van der Waals surface area contributed by atoms with E-state index in [1.807, 2.05) is 6.92 Å². The topological polar surface area (TPSA) is 49.4 Å². The van der Waals surface area contributed by atoms with Crippen LogP contribution in [-0.2, 0) is 9.59 Å². The Labute approximate surface area is 92.2 Å². The molecule has 0 bridgehead atoms. The SMILES string of the molecule is CCNC(=O)CN1CCCC(Br)C1=O. The zero-order valence-electron chi connectivity index (χ0n) is 8.25. The van der Waals surface area contributed by atoms with E-state index in [1.54, 1.807) is 4.90 Å². The Hall–Kier alpha value is -0.580. The van der Waals surface area contributed by atoms with Gasteiger partial charge in [0, 0.05) is 13.1 Å². The number of likely N-dealkylation sites (tertiary alicyclic amines) is 1. The number of piperidine rings is 1. The van der Waals surface area contributed by atoms with Crippen molar-refractivity contribution in [2.24, 2.45) is 0 Å². The van der Waals surface area contributed by atoms with Crippen molar-refractivity contribution in [1.29, 1.82) is 0 Å². The van der Waals surface area contributed by atoms with Crippen LogP contribution in [0.25, 0.3) is 0 Å². The molecular formula is C9H15BrN2O2. The van der Waals surface area contributed by atoms with Crippen LogP contribution in [0.5, 0.6) is 0 Å². The number of rotatable bonds is 3. The number of nitrogens with one attached hydrogen (secondary N) is 1. The molecule has 1 rings (SSSR count). The smallest absolute Gasteiger partial charge is 0.239 e. The van der Waals surface area contributed by atoms with E-state index in [2.05, 4.69) is 21.2 Å². The molecule has 1 heterocycles. The summed E-state index contributed by atoms with van der Waals surface area (Å²) in [7, 11) is 0. The Kier molecular flexibility index (Phi) is 4.38. The van der Waals surface area contributed by atoms with Gasteiger partial charge in [0.25, 0.3) is 0 Å². The highest BCUT2D eigenvalue weighted by atomic mass is 79.9. The summed E-state index contributed by atoms with van der Waals surface area (Å²) in [4.78, 5) is 24.3. The Balaban J connectivity index is 2.43. The fourth-order valence-electron chi connectivity index (χ4n) is 1.48. The summed E-state index contributed by atoms with van der Waals surface area (Å²) < 4.78 is 0. The van der Waals surface area contributed by atoms with E-state index >= 15 is 0 Å². The first-order chi connectivity index (χ1) is 6.65. The van der Waals surface area contributed by atoms with Gasteiger partial charge >= 0.3 is 0 Å². The third kappa shape index (κ3) is 2.97. The molecule has 80 valence electrons. The number of halogens is 1. The second kappa shape index (κ2) is 5.34. The lowest BCUT2D eigenvalue weighted by Crippen LogP contribution is -2.46. The molecule has 1 fully saturated rings. The standard InChI is InChI=1S/C9H15BrN2O2/c1-2-11-8(13)6-12-5-3-4-7(10)9(12)14/h7H,2-6H2,1H3,(H,11,13). The molecular weight excluding hydrogens is 248 g/mol. The molecule has 0 saturated carbocycles. The van der Waals surface area contributed by atoms with Crippen molar-refractivity contribution in [2.75, 3.05) is 19.6 Å². The van der Waals surface area contributed by atoms with Crippen molar-refractivity contribution in [1.82, 2.24) is 10.2 Å². The second-order valence-corrected chi connectivity index (χ2v) is 4.43. The fraction of sp³-hybridized carbons (Fsp3) is 0.778. The van der Waals surface area contributed by atoms with Gasteiger partial charge in [0.05, 0.1) is 11.4 Å². The molecule has 1 atom stereocenters. The number of alkyl halides is 1. The number of hydrogen-bond acceptors (Lipinski definition) is 2. The normalized spacial score (nSPS) is 22.3. The van der Waals surface area contributed by atoms with Gasteiger partial charge in [0.15, 0.2) is 0 Å². The van der Waals surface area contributed by atoms with E-state index in [0.29, 0.717) is 13.1 Å². The van der Waals surface area contributed by atoms with Crippen LogP contribution in [0, 0.1) is 0 Å². The maximum Gasteiger partial charge on any atom is 0.239 e. The maximum atomic E-state index is 11.6. The van der Waals surface area contributed by atoms with Crippen LogP contribution >= 0.6 is 15.9 Å². The minimum Gasteiger partial charge on any atom is -0.355 e. The van der Waals surface area contributed by atoms with Crippen molar-refractivity contribution in [3.05, 3.63) is 0 Å². The molecule has 2 amide bonds. The molecule has 5 heteroatoms. The van der Waals surface area contributed by atoms with E-state index in [9.17, 15) is 9.59 Å². The second-order valence-electron chi connectivity index (χ2n) is 3.32. The van der Waals surface area contributed by atoms with Gasteiger partial charge in [-0.15, -0.1) is 0 Å². The quantitative estimate of drug-likeness (QED) is 0.754. The number of likely N-dealkylation sites (N-methyl/N-ethyl adjacent to an activating group) is 1. The third-order valence-corrected chi connectivity index (χ3v) is 3.02. The van der Waals surface area contributed by atoms with E-state index in [-0.39, 0.29) is 23.2 Å². The highest BCUT2D eigenvalue weighted by Crippen LogP contribution is 2.17. The summed E-state index contributed by atoms with van der Waals surface area (Å²) in [6, 6.07) is 0. The van der Waals surface area contributed by atoms with Crippen LogP contribution in [0.3, 0.4) is 0 Å². The molecule has 0 spiro atoms. The van der Waals surface area contributed by atoms with Crippen molar-refractivity contribution < 1.29 is 9.59 Å². The summed E-state index contributed by atoms with van der Waals surface area (Å²) in [6.07, 6.45) is 1.83. The van der Waals surface area contributed by atoms with Crippen LogP contribution < -0.4 is 5.32 Å². The third-order valence-electron chi connectivity index (χ3n) is 2.17. The van der Waals surface area contributed by atoms with E-state index in [4.69, 9.17) is 0 Å². The number of nitrogens with zero attached hydrogens (tertiary/aromatic N) is 1. The highest BCUT2D eigenvalue weighted by Gasteiger charge is 2.27. The summed E-state index contributed by atoms with van der Waals surface area (Å²) in [5.41, 5.74) is 0. The molecule has 14 heavy (non-hydrogen) atoms. The summed E-state index contributed by atoms with van der Waals surface area (Å²) >= 11 is 3.30. The summed E-state index contributed by atoms with van der Waals surface area (Å²) in [5, 5.41) is 2.68. The van der Waals surface area contributed by atoms with Crippen LogP contribution in [0.15, 0.2) is 0 Å².